The number of nitrogens with zero attached hydrogens (tertiary/aromatic N) is 2. The molecule has 1 aromatic heterocycles. The number of rotatable bonds is 4. The maximum absolute atomic E-state index is 12.1. The number of carbonyl (C=O) groups is 1. The molecule has 1 fully saturated rings. The zero-order chi connectivity index (χ0) is 15.5. The smallest absolute Gasteiger partial charge is 0.249 e. The van der Waals surface area contributed by atoms with Crippen LogP contribution in [0.4, 0.5) is 0 Å². The van der Waals surface area contributed by atoms with Crippen LogP contribution in [0.15, 0.2) is 30.5 Å². The standard InChI is InChI=1S/C16H18ClN3O2/c1-22-10-15(21)20-8-2-3-14(20)16-18-9-13(19-16)11-4-6-12(17)7-5-11/h4-7,9,14H,2-3,8,10H2,1H3,(H,18,19). The molecular weight excluding hydrogens is 302 g/mol. The van der Waals surface area contributed by atoms with E-state index in [1.54, 1.807) is 6.20 Å². The molecule has 116 valence electrons. The zero-order valence-corrected chi connectivity index (χ0v) is 13.1. The van der Waals surface area contributed by atoms with Gasteiger partial charge in [-0.1, -0.05) is 23.7 Å². The summed E-state index contributed by atoms with van der Waals surface area (Å²) in [5, 5.41) is 0.704. The molecule has 0 aliphatic carbocycles. The van der Waals surface area contributed by atoms with Gasteiger partial charge in [-0.3, -0.25) is 4.79 Å². The number of H-pyrrole nitrogens is 1. The molecule has 2 heterocycles. The van der Waals surface area contributed by atoms with Gasteiger partial charge in [0.05, 0.1) is 17.9 Å². The van der Waals surface area contributed by atoms with Gasteiger partial charge in [-0.15, -0.1) is 0 Å². The first-order chi connectivity index (χ1) is 10.7. The SMILES string of the molecule is COCC(=O)N1CCCC1c1ncc(-c2ccc(Cl)cc2)[nH]1. The Morgan fingerprint density at radius 3 is 2.95 bits per heavy atom. The van der Waals surface area contributed by atoms with Gasteiger partial charge in [-0.25, -0.2) is 4.98 Å². The highest BCUT2D eigenvalue weighted by molar-refractivity contribution is 6.30. The van der Waals surface area contributed by atoms with Gasteiger partial charge < -0.3 is 14.6 Å². The van der Waals surface area contributed by atoms with Crippen molar-refractivity contribution in [3.05, 3.63) is 41.3 Å². The molecule has 1 unspecified atom stereocenters. The minimum absolute atomic E-state index is 0.00343. The van der Waals surface area contributed by atoms with Gasteiger partial charge in [0.15, 0.2) is 0 Å². The van der Waals surface area contributed by atoms with E-state index >= 15 is 0 Å². The van der Waals surface area contributed by atoms with E-state index in [1.807, 2.05) is 29.2 Å². The average Bonchev–Trinajstić information content (AvgIpc) is 3.17. The molecule has 0 bridgehead atoms. The molecule has 3 rings (SSSR count). The Morgan fingerprint density at radius 1 is 1.45 bits per heavy atom. The summed E-state index contributed by atoms with van der Waals surface area (Å²) < 4.78 is 4.95. The largest absolute Gasteiger partial charge is 0.375 e. The first-order valence-electron chi connectivity index (χ1n) is 7.28. The van der Waals surface area contributed by atoms with Crippen LogP contribution >= 0.6 is 11.6 Å². The Hall–Kier alpha value is -1.85. The number of aromatic nitrogens is 2. The van der Waals surface area contributed by atoms with E-state index in [-0.39, 0.29) is 18.6 Å². The number of methoxy groups -OCH3 is 1. The van der Waals surface area contributed by atoms with Crippen LogP contribution in [-0.4, -0.2) is 41.0 Å². The number of ether oxygens (including phenoxy) is 1. The van der Waals surface area contributed by atoms with Crippen LogP contribution in [0.25, 0.3) is 11.3 Å². The molecule has 1 aliphatic heterocycles. The van der Waals surface area contributed by atoms with Crippen molar-refractivity contribution in [3.8, 4) is 11.3 Å². The van der Waals surface area contributed by atoms with E-state index in [4.69, 9.17) is 16.3 Å². The van der Waals surface area contributed by atoms with E-state index < -0.39 is 0 Å². The van der Waals surface area contributed by atoms with Gasteiger partial charge in [-0.2, -0.15) is 0 Å². The highest BCUT2D eigenvalue weighted by atomic mass is 35.5. The minimum atomic E-state index is 0.00343. The molecule has 22 heavy (non-hydrogen) atoms. The van der Waals surface area contributed by atoms with E-state index in [2.05, 4.69) is 9.97 Å². The lowest BCUT2D eigenvalue weighted by Gasteiger charge is -2.22. The summed E-state index contributed by atoms with van der Waals surface area (Å²) in [7, 11) is 1.54. The molecule has 1 saturated heterocycles. The second kappa shape index (κ2) is 6.50. The fourth-order valence-corrected chi connectivity index (χ4v) is 2.96. The first kappa shape index (κ1) is 15.1. The van der Waals surface area contributed by atoms with Gasteiger partial charge in [0.1, 0.15) is 12.4 Å². The lowest BCUT2D eigenvalue weighted by Crippen LogP contribution is -2.33. The van der Waals surface area contributed by atoms with Crippen LogP contribution in [0.5, 0.6) is 0 Å². The van der Waals surface area contributed by atoms with Gasteiger partial charge in [0.25, 0.3) is 0 Å². The number of benzene rings is 1. The van der Waals surface area contributed by atoms with Crippen LogP contribution in [0.1, 0.15) is 24.7 Å². The number of likely N-dealkylation sites (tertiary alicyclic amines) is 1. The molecule has 5 nitrogen and oxygen atoms in total. The molecule has 2 aromatic rings. The van der Waals surface area contributed by atoms with E-state index in [9.17, 15) is 4.79 Å². The van der Waals surface area contributed by atoms with Crippen molar-refractivity contribution in [3.63, 3.8) is 0 Å². The van der Waals surface area contributed by atoms with Gasteiger partial charge >= 0.3 is 0 Å². The third-order valence-corrected chi connectivity index (χ3v) is 4.16. The third-order valence-electron chi connectivity index (χ3n) is 3.91. The summed E-state index contributed by atoms with van der Waals surface area (Å²) in [4.78, 5) is 21.7. The first-order valence-corrected chi connectivity index (χ1v) is 7.66. The van der Waals surface area contributed by atoms with Crippen molar-refractivity contribution in [2.45, 2.75) is 18.9 Å². The normalized spacial score (nSPS) is 17.9. The van der Waals surface area contributed by atoms with Gasteiger partial charge in [0, 0.05) is 18.7 Å². The predicted molar refractivity (Wildman–Crippen MR) is 84.6 cm³/mol. The number of carbonyl (C=O) groups excluding carboxylic acids is 1. The molecule has 6 heteroatoms. The monoisotopic (exact) mass is 319 g/mol. The molecule has 1 atom stereocenters. The summed E-state index contributed by atoms with van der Waals surface area (Å²) in [5.41, 5.74) is 1.95. The fraction of sp³-hybridized carbons (Fsp3) is 0.375. The van der Waals surface area contributed by atoms with Crippen molar-refractivity contribution in [2.75, 3.05) is 20.3 Å². The summed E-state index contributed by atoms with van der Waals surface area (Å²) in [6, 6.07) is 7.59. The summed E-state index contributed by atoms with van der Waals surface area (Å²) in [5.74, 6) is 0.835. The molecule has 0 saturated carbocycles. The van der Waals surface area contributed by atoms with Crippen LogP contribution in [0.3, 0.4) is 0 Å². The summed E-state index contributed by atoms with van der Waals surface area (Å²) >= 11 is 5.91. The van der Waals surface area contributed by atoms with Gasteiger partial charge in [-0.05, 0) is 30.5 Å². The highest BCUT2D eigenvalue weighted by Crippen LogP contribution is 2.31. The minimum Gasteiger partial charge on any atom is -0.375 e. The second-order valence-electron chi connectivity index (χ2n) is 5.37. The Balaban J connectivity index is 1.80. The van der Waals surface area contributed by atoms with Crippen LogP contribution < -0.4 is 0 Å². The molecule has 1 aromatic carbocycles. The lowest BCUT2D eigenvalue weighted by atomic mass is 10.2. The Labute approximate surface area is 134 Å². The highest BCUT2D eigenvalue weighted by Gasteiger charge is 2.31. The quantitative estimate of drug-likeness (QED) is 0.942. The fourth-order valence-electron chi connectivity index (χ4n) is 2.84. The molecule has 0 spiro atoms. The van der Waals surface area contributed by atoms with Crippen LogP contribution in [0.2, 0.25) is 5.02 Å². The Kier molecular flexibility index (Phi) is 4.45. The van der Waals surface area contributed by atoms with E-state index in [1.165, 1.54) is 7.11 Å². The zero-order valence-electron chi connectivity index (χ0n) is 12.4. The molecule has 1 N–H and O–H groups in total. The molecular formula is C16H18ClN3O2. The predicted octanol–water partition coefficient (Wildman–Crippen LogP) is 3.04. The average molecular weight is 320 g/mol. The van der Waals surface area contributed by atoms with Crippen molar-refractivity contribution in [1.29, 1.82) is 0 Å². The van der Waals surface area contributed by atoms with E-state index in [0.717, 1.165) is 36.5 Å². The second-order valence-corrected chi connectivity index (χ2v) is 5.80. The van der Waals surface area contributed by atoms with Crippen molar-refractivity contribution in [1.82, 2.24) is 14.9 Å². The van der Waals surface area contributed by atoms with Crippen LogP contribution in [-0.2, 0) is 9.53 Å². The van der Waals surface area contributed by atoms with Gasteiger partial charge in [0.2, 0.25) is 5.91 Å². The number of amides is 1. The van der Waals surface area contributed by atoms with Crippen molar-refractivity contribution < 1.29 is 9.53 Å². The Bertz CT molecular complexity index is 654. The summed E-state index contributed by atoms with van der Waals surface area (Å²) in [6.07, 6.45) is 3.70. The number of hydrogen-bond acceptors (Lipinski definition) is 3. The van der Waals surface area contributed by atoms with Crippen molar-refractivity contribution >= 4 is 17.5 Å². The summed E-state index contributed by atoms with van der Waals surface area (Å²) in [6.45, 7) is 0.866. The topological polar surface area (TPSA) is 58.2 Å². The molecule has 0 radical (unpaired) electrons. The Morgan fingerprint density at radius 2 is 2.23 bits per heavy atom. The molecule has 1 aliphatic rings. The number of nitrogens with one attached hydrogen (secondary N) is 1. The van der Waals surface area contributed by atoms with Crippen molar-refractivity contribution in [2.24, 2.45) is 0 Å². The van der Waals surface area contributed by atoms with E-state index in [0.29, 0.717) is 5.02 Å². The number of hydrogen-bond donors (Lipinski definition) is 1. The maximum atomic E-state index is 12.1. The molecule has 1 amide bonds. The number of aromatic amines is 1. The van der Waals surface area contributed by atoms with Crippen LogP contribution in [0, 0.1) is 0 Å². The lowest BCUT2D eigenvalue weighted by molar-refractivity contribution is -0.136. The maximum Gasteiger partial charge on any atom is 0.249 e. The third kappa shape index (κ3) is 3.00. The number of imidazole rings is 1. The number of halogens is 1.